The molecular formula is C22H14BrClN2O5S. The van der Waals surface area contributed by atoms with E-state index < -0.39 is 21.9 Å². The molecule has 32 heavy (non-hydrogen) atoms. The number of carboxylic acid groups (broad SMARTS) is 1. The molecule has 0 aliphatic heterocycles. The van der Waals surface area contributed by atoms with Crippen LogP contribution in [0.5, 0.6) is 0 Å². The minimum Gasteiger partial charge on any atom is -0.478 e. The minimum atomic E-state index is -3.92. The third kappa shape index (κ3) is 4.14. The van der Waals surface area contributed by atoms with Crippen LogP contribution in [0.15, 0.2) is 82.3 Å². The fourth-order valence-electron chi connectivity index (χ4n) is 3.18. The average molecular weight is 534 g/mol. The number of hydrogen-bond donors (Lipinski definition) is 2. The number of aromatic carboxylic acids is 1. The highest BCUT2D eigenvalue weighted by Gasteiger charge is 2.20. The van der Waals surface area contributed by atoms with E-state index in [1.54, 1.807) is 30.3 Å². The average Bonchev–Trinajstić information content (AvgIpc) is 3.18. The lowest BCUT2D eigenvalue weighted by atomic mass is 10.1. The maximum Gasteiger partial charge on any atom is 0.337 e. The van der Waals surface area contributed by atoms with Crippen molar-refractivity contribution in [3.8, 4) is 0 Å². The minimum absolute atomic E-state index is 0.0126. The number of hydrogen-bond acceptors (Lipinski definition) is 4. The third-order valence-electron chi connectivity index (χ3n) is 4.75. The summed E-state index contributed by atoms with van der Waals surface area (Å²) in [4.78, 5) is 24.0. The maximum absolute atomic E-state index is 13.1. The van der Waals surface area contributed by atoms with Gasteiger partial charge in [0.2, 0.25) is 0 Å². The number of nitrogens with zero attached hydrogens (tertiary/aromatic N) is 1. The van der Waals surface area contributed by atoms with Crippen molar-refractivity contribution in [3.05, 3.63) is 93.5 Å². The van der Waals surface area contributed by atoms with Crippen LogP contribution in [-0.4, -0.2) is 29.4 Å². The van der Waals surface area contributed by atoms with Crippen LogP contribution in [0.4, 0.5) is 5.69 Å². The number of aromatic nitrogens is 1. The van der Waals surface area contributed by atoms with E-state index in [1.807, 2.05) is 0 Å². The lowest BCUT2D eigenvalue weighted by molar-refractivity contribution is 0.0698. The van der Waals surface area contributed by atoms with Gasteiger partial charge < -0.3 is 10.4 Å². The predicted octanol–water partition coefficient (Wildman–Crippen LogP) is 5.24. The molecule has 10 heteroatoms. The van der Waals surface area contributed by atoms with E-state index in [1.165, 1.54) is 42.6 Å². The number of carbonyl (C=O) groups is 2. The molecule has 0 saturated carbocycles. The van der Waals surface area contributed by atoms with Gasteiger partial charge in [0.05, 0.1) is 21.7 Å². The van der Waals surface area contributed by atoms with Crippen LogP contribution in [0.1, 0.15) is 20.7 Å². The molecule has 0 radical (unpaired) electrons. The van der Waals surface area contributed by atoms with Gasteiger partial charge in [0.25, 0.3) is 15.9 Å². The number of benzene rings is 3. The Labute approximate surface area is 196 Å². The highest BCUT2D eigenvalue weighted by atomic mass is 79.9. The quantitative estimate of drug-likeness (QED) is 0.365. The molecular weight excluding hydrogens is 520 g/mol. The largest absolute Gasteiger partial charge is 0.478 e. The standard InChI is InChI=1S/C22H14BrClN2O5S/c23-15-4-8-19(18(11-15)22(28)29)25-21(27)14-2-6-17(7-3-14)32(30,31)26-10-9-13-1-5-16(24)12-20(13)26/h1-12H,(H,25,27)(H,28,29). The third-order valence-corrected chi connectivity index (χ3v) is 7.19. The summed E-state index contributed by atoms with van der Waals surface area (Å²) in [5.41, 5.74) is 0.655. The Hall–Kier alpha value is -3.14. The van der Waals surface area contributed by atoms with Gasteiger partial charge in [-0.05, 0) is 60.7 Å². The Morgan fingerprint density at radius 3 is 2.38 bits per heavy atom. The highest BCUT2D eigenvalue weighted by molar-refractivity contribution is 9.10. The normalized spacial score (nSPS) is 11.4. The zero-order chi connectivity index (χ0) is 23.0. The van der Waals surface area contributed by atoms with E-state index in [0.29, 0.717) is 15.0 Å². The Balaban J connectivity index is 1.62. The number of fused-ring (bicyclic) bond motifs is 1. The predicted molar refractivity (Wildman–Crippen MR) is 125 cm³/mol. The van der Waals surface area contributed by atoms with Crippen molar-refractivity contribution in [2.24, 2.45) is 0 Å². The fourth-order valence-corrected chi connectivity index (χ4v) is 5.05. The number of halogens is 2. The van der Waals surface area contributed by atoms with Gasteiger partial charge in [-0.15, -0.1) is 0 Å². The summed E-state index contributed by atoms with van der Waals surface area (Å²) in [6, 6.07) is 16.4. The Bertz CT molecular complexity index is 1480. The van der Waals surface area contributed by atoms with Gasteiger partial charge in [0, 0.05) is 26.6 Å². The summed E-state index contributed by atoms with van der Waals surface area (Å²) < 4.78 is 27.9. The van der Waals surface area contributed by atoms with Crippen molar-refractivity contribution < 1.29 is 23.1 Å². The second-order valence-electron chi connectivity index (χ2n) is 6.79. The van der Waals surface area contributed by atoms with Crippen LogP contribution in [0, 0.1) is 0 Å². The monoisotopic (exact) mass is 532 g/mol. The van der Waals surface area contributed by atoms with Gasteiger partial charge in [-0.25, -0.2) is 17.2 Å². The first-order valence-corrected chi connectivity index (χ1v) is 11.7. The van der Waals surface area contributed by atoms with E-state index >= 15 is 0 Å². The summed E-state index contributed by atoms with van der Waals surface area (Å²) >= 11 is 9.21. The van der Waals surface area contributed by atoms with Crippen molar-refractivity contribution in [1.82, 2.24) is 3.97 Å². The molecule has 0 fully saturated rings. The maximum atomic E-state index is 13.1. The van der Waals surface area contributed by atoms with Crippen LogP contribution in [-0.2, 0) is 10.0 Å². The second kappa shape index (κ2) is 8.42. The summed E-state index contributed by atoms with van der Waals surface area (Å²) in [7, 11) is -3.92. The van der Waals surface area contributed by atoms with Crippen LogP contribution in [0.2, 0.25) is 5.02 Å². The van der Waals surface area contributed by atoms with Crippen molar-refractivity contribution in [1.29, 1.82) is 0 Å². The lowest BCUT2D eigenvalue weighted by Crippen LogP contribution is -2.16. The van der Waals surface area contributed by atoms with Crippen LogP contribution < -0.4 is 5.32 Å². The first kappa shape index (κ1) is 22.1. The zero-order valence-electron chi connectivity index (χ0n) is 16.1. The van der Waals surface area contributed by atoms with E-state index in [9.17, 15) is 23.1 Å². The topological polar surface area (TPSA) is 105 Å². The van der Waals surface area contributed by atoms with Crippen molar-refractivity contribution in [3.63, 3.8) is 0 Å². The molecule has 0 atom stereocenters. The fraction of sp³-hybridized carbons (Fsp3) is 0. The van der Waals surface area contributed by atoms with E-state index in [2.05, 4.69) is 21.2 Å². The Morgan fingerprint density at radius 1 is 0.969 bits per heavy atom. The Morgan fingerprint density at radius 2 is 1.69 bits per heavy atom. The molecule has 7 nitrogen and oxygen atoms in total. The van der Waals surface area contributed by atoms with Crippen molar-refractivity contribution in [2.45, 2.75) is 4.90 Å². The molecule has 0 spiro atoms. The number of carbonyl (C=O) groups excluding carboxylic acids is 1. The van der Waals surface area contributed by atoms with Crippen molar-refractivity contribution in [2.75, 3.05) is 5.32 Å². The number of nitrogens with one attached hydrogen (secondary N) is 1. The van der Waals surface area contributed by atoms with Gasteiger partial charge in [-0.2, -0.15) is 0 Å². The molecule has 0 bridgehead atoms. The molecule has 162 valence electrons. The first-order valence-electron chi connectivity index (χ1n) is 9.13. The summed E-state index contributed by atoms with van der Waals surface area (Å²) in [6.07, 6.45) is 1.44. The molecule has 2 N–H and O–H groups in total. The summed E-state index contributed by atoms with van der Waals surface area (Å²) in [6.45, 7) is 0. The molecule has 0 saturated heterocycles. The summed E-state index contributed by atoms with van der Waals surface area (Å²) in [5, 5.41) is 13.0. The SMILES string of the molecule is O=C(Nc1ccc(Br)cc1C(=O)O)c1ccc(S(=O)(=O)n2ccc3ccc(Cl)cc32)cc1. The lowest BCUT2D eigenvalue weighted by Gasteiger charge is -2.11. The molecule has 0 unspecified atom stereocenters. The number of carboxylic acids is 1. The van der Waals surface area contributed by atoms with Crippen LogP contribution in [0.3, 0.4) is 0 Å². The van der Waals surface area contributed by atoms with Crippen molar-refractivity contribution >= 4 is 66.0 Å². The molecule has 0 aliphatic rings. The smallest absolute Gasteiger partial charge is 0.337 e. The number of anilines is 1. The summed E-state index contributed by atoms with van der Waals surface area (Å²) in [5.74, 6) is -1.76. The first-order chi connectivity index (χ1) is 15.2. The molecule has 1 amide bonds. The number of amides is 1. The molecule has 3 aromatic carbocycles. The molecule has 4 aromatic rings. The Kier molecular flexibility index (Phi) is 5.81. The van der Waals surface area contributed by atoms with Gasteiger partial charge in [-0.3, -0.25) is 4.79 Å². The van der Waals surface area contributed by atoms with Gasteiger partial charge in [-0.1, -0.05) is 33.6 Å². The van der Waals surface area contributed by atoms with E-state index in [0.717, 1.165) is 9.36 Å². The van der Waals surface area contributed by atoms with E-state index in [-0.39, 0.29) is 21.7 Å². The zero-order valence-corrected chi connectivity index (χ0v) is 19.3. The molecule has 4 rings (SSSR count). The molecule has 1 heterocycles. The highest BCUT2D eigenvalue weighted by Crippen LogP contribution is 2.26. The number of rotatable bonds is 5. The van der Waals surface area contributed by atoms with Crippen LogP contribution in [0.25, 0.3) is 10.9 Å². The molecule has 0 aliphatic carbocycles. The second-order valence-corrected chi connectivity index (χ2v) is 9.96. The van der Waals surface area contributed by atoms with Crippen LogP contribution >= 0.6 is 27.5 Å². The molecule has 1 aromatic heterocycles. The van der Waals surface area contributed by atoms with Gasteiger partial charge >= 0.3 is 5.97 Å². The van der Waals surface area contributed by atoms with Gasteiger partial charge in [0.1, 0.15) is 0 Å². The van der Waals surface area contributed by atoms with E-state index in [4.69, 9.17) is 11.6 Å². The van der Waals surface area contributed by atoms with Gasteiger partial charge in [0.15, 0.2) is 0 Å².